The maximum atomic E-state index is 13.5. The summed E-state index contributed by atoms with van der Waals surface area (Å²) in [4.78, 5) is -0.234. The maximum absolute atomic E-state index is 13.5. The summed E-state index contributed by atoms with van der Waals surface area (Å²) in [5, 5.41) is 0.768. The number of rotatable bonds is 2. The predicted molar refractivity (Wildman–Crippen MR) is 83.1 cm³/mol. The predicted octanol–water partition coefficient (Wildman–Crippen LogP) is 6.23. The summed E-state index contributed by atoms with van der Waals surface area (Å²) in [5.74, 6) is -0.427. The van der Waals surface area contributed by atoms with E-state index < -0.39 is 5.82 Å². The standard InChI is InChI=1S/C15H12BrCl2F/c1-8-6-11(12(17)7-9(8)2)14(16)10-4-3-5-13(19)15(10)18/h3-7,14H,1-2H3. The molecule has 2 aromatic rings. The van der Waals surface area contributed by atoms with Gasteiger partial charge < -0.3 is 0 Å². The quantitative estimate of drug-likeness (QED) is 0.556. The van der Waals surface area contributed by atoms with Crippen molar-refractivity contribution in [3.63, 3.8) is 0 Å². The molecule has 0 bridgehead atoms. The number of benzene rings is 2. The van der Waals surface area contributed by atoms with Crippen molar-refractivity contribution in [3.05, 3.63) is 68.4 Å². The lowest BCUT2D eigenvalue weighted by molar-refractivity contribution is 0.626. The Morgan fingerprint density at radius 2 is 1.68 bits per heavy atom. The summed E-state index contributed by atoms with van der Waals surface area (Å²) in [7, 11) is 0. The molecule has 0 heterocycles. The highest BCUT2D eigenvalue weighted by atomic mass is 79.9. The van der Waals surface area contributed by atoms with Crippen LogP contribution >= 0.6 is 39.1 Å². The van der Waals surface area contributed by atoms with Gasteiger partial charge in [-0.3, -0.25) is 0 Å². The topological polar surface area (TPSA) is 0 Å². The van der Waals surface area contributed by atoms with Gasteiger partial charge in [-0.1, -0.05) is 57.3 Å². The average Bonchev–Trinajstić information content (AvgIpc) is 2.36. The fourth-order valence-corrected chi connectivity index (χ4v) is 3.47. The van der Waals surface area contributed by atoms with Crippen molar-refractivity contribution in [1.29, 1.82) is 0 Å². The number of hydrogen-bond donors (Lipinski definition) is 0. The van der Waals surface area contributed by atoms with E-state index in [1.165, 1.54) is 6.07 Å². The molecule has 19 heavy (non-hydrogen) atoms. The van der Waals surface area contributed by atoms with Crippen molar-refractivity contribution in [2.45, 2.75) is 18.7 Å². The van der Waals surface area contributed by atoms with Gasteiger partial charge in [0, 0.05) is 5.02 Å². The van der Waals surface area contributed by atoms with E-state index in [-0.39, 0.29) is 9.85 Å². The van der Waals surface area contributed by atoms with Crippen LogP contribution in [0.4, 0.5) is 4.39 Å². The smallest absolute Gasteiger partial charge is 0.142 e. The van der Waals surface area contributed by atoms with Crippen LogP contribution in [0.2, 0.25) is 10.0 Å². The lowest BCUT2D eigenvalue weighted by atomic mass is 10.00. The lowest BCUT2D eigenvalue weighted by Crippen LogP contribution is -1.98. The molecule has 0 aliphatic rings. The molecular weight excluding hydrogens is 350 g/mol. The van der Waals surface area contributed by atoms with Crippen LogP contribution in [0.3, 0.4) is 0 Å². The van der Waals surface area contributed by atoms with E-state index >= 15 is 0 Å². The first-order valence-corrected chi connectivity index (χ1v) is 7.43. The minimum absolute atomic E-state index is 0.124. The third-order valence-electron chi connectivity index (χ3n) is 3.14. The van der Waals surface area contributed by atoms with E-state index in [4.69, 9.17) is 23.2 Å². The molecule has 0 spiro atoms. The molecule has 2 rings (SSSR count). The zero-order chi connectivity index (χ0) is 14.2. The van der Waals surface area contributed by atoms with Crippen LogP contribution in [0.25, 0.3) is 0 Å². The summed E-state index contributed by atoms with van der Waals surface area (Å²) in [6.07, 6.45) is 0. The number of halogens is 4. The molecule has 0 saturated heterocycles. The Morgan fingerprint density at radius 1 is 1.05 bits per heavy atom. The Balaban J connectivity index is 2.53. The van der Waals surface area contributed by atoms with Crippen molar-refractivity contribution in [1.82, 2.24) is 0 Å². The highest BCUT2D eigenvalue weighted by Gasteiger charge is 2.19. The first-order valence-electron chi connectivity index (χ1n) is 5.76. The first kappa shape index (κ1) is 14.8. The summed E-state index contributed by atoms with van der Waals surface area (Å²) < 4.78 is 13.5. The molecule has 2 aromatic carbocycles. The first-order chi connectivity index (χ1) is 8.91. The lowest BCUT2D eigenvalue weighted by Gasteiger charge is -2.16. The average molecular weight is 362 g/mol. The SMILES string of the molecule is Cc1cc(Cl)c(C(Br)c2cccc(F)c2Cl)cc1C. The number of aryl methyl sites for hydroxylation is 2. The van der Waals surface area contributed by atoms with Gasteiger partial charge in [-0.05, 0) is 48.2 Å². The van der Waals surface area contributed by atoms with Crippen LogP contribution in [-0.2, 0) is 0 Å². The second kappa shape index (κ2) is 5.82. The van der Waals surface area contributed by atoms with E-state index in [0.717, 1.165) is 16.7 Å². The van der Waals surface area contributed by atoms with Crippen LogP contribution in [0.1, 0.15) is 27.1 Å². The Morgan fingerprint density at radius 3 is 2.37 bits per heavy atom. The molecule has 0 radical (unpaired) electrons. The second-order valence-electron chi connectivity index (χ2n) is 4.46. The third kappa shape index (κ3) is 2.96. The molecule has 0 fully saturated rings. The van der Waals surface area contributed by atoms with Crippen molar-refractivity contribution in [3.8, 4) is 0 Å². The molecular formula is C15H12BrCl2F. The molecule has 4 heteroatoms. The van der Waals surface area contributed by atoms with Gasteiger partial charge in [0.2, 0.25) is 0 Å². The number of hydrogen-bond acceptors (Lipinski definition) is 0. The van der Waals surface area contributed by atoms with Crippen LogP contribution in [0.15, 0.2) is 30.3 Å². The molecule has 1 atom stereocenters. The van der Waals surface area contributed by atoms with E-state index in [2.05, 4.69) is 15.9 Å². The van der Waals surface area contributed by atoms with Crippen molar-refractivity contribution in [2.75, 3.05) is 0 Å². The third-order valence-corrected chi connectivity index (χ3v) is 4.85. The Labute approximate surface area is 130 Å². The fourth-order valence-electron chi connectivity index (χ4n) is 1.88. The zero-order valence-corrected chi connectivity index (χ0v) is 13.6. The van der Waals surface area contributed by atoms with Crippen LogP contribution in [0, 0.1) is 19.7 Å². The van der Waals surface area contributed by atoms with Gasteiger partial charge in [0.25, 0.3) is 0 Å². The van der Waals surface area contributed by atoms with Gasteiger partial charge in [-0.15, -0.1) is 0 Å². The second-order valence-corrected chi connectivity index (χ2v) is 6.16. The summed E-state index contributed by atoms with van der Waals surface area (Å²) in [5.41, 5.74) is 3.82. The van der Waals surface area contributed by atoms with E-state index in [1.54, 1.807) is 12.1 Å². The van der Waals surface area contributed by atoms with Gasteiger partial charge in [-0.25, -0.2) is 4.39 Å². The maximum Gasteiger partial charge on any atom is 0.142 e. The van der Waals surface area contributed by atoms with Gasteiger partial charge in [0.05, 0.1) is 9.85 Å². The molecule has 100 valence electrons. The van der Waals surface area contributed by atoms with Crippen LogP contribution in [-0.4, -0.2) is 0 Å². The van der Waals surface area contributed by atoms with Crippen molar-refractivity contribution < 1.29 is 4.39 Å². The largest absolute Gasteiger partial charge is 0.205 e. The van der Waals surface area contributed by atoms with Gasteiger partial charge >= 0.3 is 0 Å². The Kier molecular flexibility index (Phi) is 4.54. The molecule has 0 saturated carbocycles. The summed E-state index contributed by atoms with van der Waals surface area (Å²) in [6, 6.07) is 8.68. The van der Waals surface area contributed by atoms with E-state index in [1.807, 2.05) is 26.0 Å². The van der Waals surface area contributed by atoms with Gasteiger partial charge in [0.1, 0.15) is 5.82 Å². The highest BCUT2D eigenvalue weighted by molar-refractivity contribution is 9.09. The highest BCUT2D eigenvalue weighted by Crippen LogP contribution is 2.40. The van der Waals surface area contributed by atoms with Crippen molar-refractivity contribution in [2.24, 2.45) is 0 Å². The minimum Gasteiger partial charge on any atom is -0.205 e. The van der Waals surface area contributed by atoms with Gasteiger partial charge in [-0.2, -0.15) is 0 Å². The summed E-state index contributed by atoms with van der Waals surface area (Å²) >= 11 is 15.8. The Hall–Kier alpha value is -0.570. The van der Waals surface area contributed by atoms with Crippen LogP contribution < -0.4 is 0 Å². The normalized spacial score (nSPS) is 12.5. The molecule has 0 aliphatic carbocycles. The fraction of sp³-hybridized carbons (Fsp3) is 0.200. The minimum atomic E-state index is -0.427. The molecule has 0 aliphatic heterocycles. The monoisotopic (exact) mass is 360 g/mol. The Bertz CT molecular complexity index is 626. The molecule has 0 N–H and O–H groups in total. The molecule has 0 nitrogen and oxygen atoms in total. The van der Waals surface area contributed by atoms with Crippen molar-refractivity contribution >= 4 is 39.1 Å². The van der Waals surface area contributed by atoms with Crippen LogP contribution in [0.5, 0.6) is 0 Å². The molecule has 0 amide bonds. The zero-order valence-electron chi connectivity index (χ0n) is 10.5. The van der Waals surface area contributed by atoms with E-state index in [0.29, 0.717) is 10.6 Å². The summed E-state index contributed by atoms with van der Waals surface area (Å²) in [6.45, 7) is 4.02. The van der Waals surface area contributed by atoms with Gasteiger partial charge in [0.15, 0.2) is 0 Å². The van der Waals surface area contributed by atoms with E-state index in [9.17, 15) is 4.39 Å². The molecule has 0 aromatic heterocycles. The number of alkyl halides is 1. The molecule has 1 unspecified atom stereocenters.